The minimum absolute atomic E-state index is 0.0248. The molecule has 0 heterocycles. The first-order valence-electron chi connectivity index (χ1n) is 8.50. The monoisotopic (exact) mass is 452 g/mol. The van der Waals surface area contributed by atoms with Crippen LogP contribution < -0.4 is 0 Å². The minimum Gasteiger partial charge on any atom is -0.507 e. The molecule has 2 rings (SSSR count). The SMILES string of the molecule is Cc1c(Sc2cc(C(F)(F)F)cc(C(F)(F)F)c2)cc(C(C)(C)C)c(O)c1C(=O)O. The van der Waals surface area contributed by atoms with Crippen molar-refractivity contribution in [2.75, 3.05) is 0 Å². The quantitative estimate of drug-likeness (QED) is 0.498. The molecule has 0 aliphatic carbocycles. The number of benzene rings is 2. The molecule has 0 aliphatic rings. The normalized spacial score (nSPS) is 12.9. The van der Waals surface area contributed by atoms with Gasteiger partial charge in [-0.2, -0.15) is 26.3 Å². The second-order valence-corrected chi connectivity index (χ2v) is 8.79. The standard InChI is InChI=1S/C20H18F6O3S/c1-9-14(8-13(18(2,3)4)16(27)15(9)17(28)29)30-12-6-10(19(21,22)23)5-11(7-12)20(24,25)26/h5-8,27H,1-4H3,(H,28,29). The largest absolute Gasteiger partial charge is 0.507 e. The van der Waals surface area contributed by atoms with Gasteiger partial charge in [0.05, 0.1) is 11.1 Å². The van der Waals surface area contributed by atoms with Crippen LogP contribution in [0.4, 0.5) is 26.3 Å². The molecule has 30 heavy (non-hydrogen) atoms. The van der Waals surface area contributed by atoms with Crippen LogP contribution in [0.25, 0.3) is 0 Å². The van der Waals surface area contributed by atoms with Gasteiger partial charge in [-0.15, -0.1) is 0 Å². The summed E-state index contributed by atoms with van der Waals surface area (Å²) in [6.07, 6.45) is -9.99. The van der Waals surface area contributed by atoms with Gasteiger partial charge < -0.3 is 10.2 Å². The Bertz CT molecular complexity index is 956. The third-order valence-electron chi connectivity index (χ3n) is 4.32. The smallest absolute Gasteiger partial charge is 0.416 e. The molecule has 0 saturated carbocycles. The van der Waals surface area contributed by atoms with E-state index in [0.717, 1.165) is 0 Å². The highest BCUT2D eigenvalue weighted by Crippen LogP contribution is 2.44. The molecule has 2 N–H and O–H groups in total. The van der Waals surface area contributed by atoms with Gasteiger partial charge in [-0.25, -0.2) is 4.79 Å². The Kier molecular flexibility index (Phi) is 6.15. The van der Waals surface area contributed by atoms with Crippen LogP contribution >= 0.6 is 11.8 Å². The number of aromatic carboxylic acids is 1. The highest BCUT2D eigenvalue weighted by atomic mass is 32.2. The minimum atomic E-state index is -5.00. The second-order valence-electron chi connectivity index (χ2n) is 7.67. The Labute approximate surface area is 172 Å². The molecule has 0 radical (unpaired) electrons. The molecule has 2 aromatic rings. The molecule has 2 aromatic carbocycles. The molecule has 0 spiro atoms. The van der Waals surface area contributed by atoms with Crippen molar-refractivity contribution in [1.82, 2.24) is 0 Å². The predicted molar refractivity (Wildman–Crippen MR) is 99.1 cm³/mol. The molecule has 3 nitrogen and oxygen atoms in total. The van der Waals surface area contributed by atoms with E-state index >= 15 is 0 Å². The van der Waals surface area contributed by atoms with Crippen molar-refractivity contribution in [1.29, 1.82) is 0 Å². The molecular weight excluding hydrogens is 434 g/mol. The Morgan fingerprint density at radius 3 is 1.73 bits per heavy atom. The van der Waals surface area contributed by atoms with E-state index in [-0.39, 0.29) is 27.0 Å². The maximum Gasteiger partial charge on any atom is 0.416 e. The number of carbonyl (C=O) groups is 1. The van der Waals surface area contributed by atoms with E-state index < -0.39 is 46.2 Å². The van der Waals surface area contributed by atoms with Crippen LogP contribution in [0.3, 0.4) is 0 Å². The summed E-state index contributed by atoms with van der Waals surface area (Å²) in [6.45, 7) is 6.38. The molecule has 0 atom stereocenters. The Morgan fingerprint density at radius 2 is 1.37 bits per heavy atom. The van der Waals surface area contributed by atoms with Crippen molar-refractivity contribution in [3.63, 3.8) is 0 Å². The zero-order chi connectivity index (χ0) is 23.2. The molecule has 164 valence electrons. The van der Waals surface area contributed by atoms with Crippen molar-refractivity contribution in [3.05, 3.63) is 52.1 Å². The molecular formula is C20H18F6O3S. The molecule has 0 amide bonds. The summed E-state index contributed by atoms with van der Waals surface area (Å²) >= 11 is 0.571. The molecule has 0 bridgehead atoms. The number of carboxylic acid groups (broad SMARTS) is 1. The zero-order valence-corrected chi connectivity index (χ0v) is 17.1. The topological polar surface area (TPSA) is 57.5 Å². The highest BCUT2D eigenvalue weighted by molar-refractivity contribution is 7.99. The lowest BCUT2D eigenvalue weighted by Crippen LogP contribution is -2.15. The summed E-state index contributed by atoms with van der Waals surface area (Å²) in [4.78, 5) is 11.4. The number of halogens is 6. The average Bonchev–Trinajstić information content (AvgIpc) is 2.54. The summed E-state index contributed by atoms with van der Waals surface area (Å²) in [6, 6.07) is 2.55. The third kappa shape index (κ3) is 5.03. The van der Waals surface area contributed by atoms with Gasteiger partial charge >= 0.3 is 18.3 Å². The maximum atomic E-state index is 13.1. The average molecular weight is 452 g/mol. The summed E-state index contributed by atoms with van der Waals surface area (Å²) in [5, 5.41) is 19.8. The Morgan fingerprint density at radius 1 is 0.900 bits per heavy atom. The van der Waals surface area contributed by atoms with Gasteiger partial charge in [0.25, 0.3) is 0 Å². The van der Waals surface area contributed by atoms with Crippen LogP contribution in [0.1, 0.15) is 53.4 Å². The fourth-order valence-corrected chi connectivity index (χ4v) is 3.85. The predicted octanol–water partition coefficient (Wildman–Crippen LogP) is 6.89. The molecule has 0 unspecified atom stereocenters. The number of phenols is 1. The number of alkyl halides is 6. The van der Waals surface area contributed by atoms with E-state index in [2.05, 4.69) is 0 Å². The summed E-state index contributed by atoms with van der Waals surface area (Å²) in [5.41, 5.74) is -3.88. The first kappa shape index (κ1) is 23.9. The summed E-state index contributed by atoms with van der Waals surface area (Å²) in [7, 11) is 0. The van der Waals surface area contributed by atoms with Gasteiger partial charge in [0.15, 0.2) is 0 Å². The number of carboxylic acids is 1. The van der Waals surface area contributed by atoms with Crippen molar-refractivity contribution in [2.24, 2.45) is 0 Å². The van der Waals surface area contributed by atoms with Crippen molar-refractivity contribution in [2.45, 2.75) is 55.3 Å². The van der Waals surface area contributed by atoms with Crippen LogP contribution in [0, 0.1) is 6.92 Å². The maximum absolute atomic E-state index is 13.1. The zero-order valence-electron chi connectivity index (χ0n) is 16.3. The van der Waals surface area contributed by atoms with Crippen molar-refractivity contribution < 1.29 is 41.4 Å². The van der Waals surface area contributed by atoms with Crippen LogP contribution in [0.5, 0.6) is 5.75 Å². The molecule has 0 aliphatic heterocycles. The lowest BCUT2D eigenvalue weighted by atomic mass is 9.84. The first-order valence-corrected chi connectivity index (χ1v) is 9.32. The van der Waals surface area contributed by atoms with Crippen molar-refractivity contribution >= 4 is 17.7 Å². The van der Waals surface area contributed by atoms with Crippen LogP contribution in [-0.4, -0.2) is 16.2 Å². The van der Waals surface area contributed by atoms with Crippen LogP contribution in [-0.2, 0) is 17.8 Å². The lowest BCUT2D eigenvalue weighted by Gasteiger charge is -2.24. The van der Waals surface area contributed by atoms with Gasteiger partial charge in [-0.1, -0.05) is 32.5 Å². The van der Waals surface area contributed by atoms with E-state index in [9.17, 15) is 41.4 Å². The fraction of sp³-hybridized carbons (Fsp3) is 0.350. The number of rotatable bonds is 3. The van der Waals surface area contributed by atoms with Crippen molar-refractivity contribution in [3.8, 4) is 5.75 Å². The van der Waals surface area contributed by atoms with Gasteiger partial charge in [-0.05, 0) is 42.2 Å². The van der Waals surface area contributed by atoms with Gasteiger partial charge in [0.1, 0.15) is 11.3 Å². The van der Waals surface area contributed by atoms with Gasteiger partial charge in [0.2, 0.25) is 0 Å². The van der Waals surface area contributed by atoms with E-state index in [1.807, 2.05) is 0 Å². The Hall–Kier alpha value is -2.36. The number of hydrogen-bond donors (Lipinski definition) is 2. The fourth-order valence-electron chi connectivity index (χ4n) is 2.79. The summed E-state index contributed by atoms with van der Waals surface area (Å²) in [5.74, 6) is -1.95. The van der Waals surface area contributed by atoms with Crippen LogP contribution in [0.15, 0.2) is 34.1 Å². The van der Waals surface area contributed by atoms with Gasteiger partial charge in [0, 0.05) is 15.4 Å². The second kappa shape index (κ2) is 7.72. The van der Waals surface area contributed by atoms with Gasteiger partial charge in [-0.3, -0.25) is 0 Å². The van der Waals surface area contributed by atoms with E-state index in [1.54, 1.807) is 20.8 Å². The Balaban J connectivity index is 2.73. The lowest BCUT2D eigenvalue weighted by molar-refractivity contribution is -0.143. The number of hydrogen-bond acceptors (Lipinski definition) is 3. The third-order valence-corrected chi connectivity index (χ3v) is 5.44. The van der Waals surface area contributed by atoms with E-state index in [1.165, 1.54) is 13.0 Å². The molecule has 0 saturated heterocycles. The first-order chi connectivity index (χ1) is 13.4. The molecule has 10 heteroatoms. The summed E-state index contributed by atoms with van der Waals surface area (Å²) < 4.78 is 78.7. The molecule has 0 aromatic heterocycles. The molecule has 0 fully saturated rings. The van der Waals surface area contributed by atoms with E-state index in [0.29, 0.717) is 23.9 Å². The number of aromatic hydroxyl groups is 1. The highest BCUT2D eigenvalue weighted by Gasteiger charge is 2.37. The van der Waals surface area contributed by atoms with E-state index in [4.69, 9.17) is 0 Å². The van der Waals surface area contributed by atoms with Crippen LogP contribution in [0.2, 0.25) is 0 Å².